The van der Waals surface area contributed by atoms with Gasteiger partial charge >= 0.3 is 0 Å². The highest BCUT2D eigenvalue weighted by Crippen LogP contribution is 2.30. The number of H-pyrrole nitrogens is 1. The van der Waals surface area contributed by atoms with Crippen LogP contribution in [0.1, 0.15) is 18.5 Å². The first kappa shape index (κ1) is 10.3. The zero-order valence-corrected chi connectivity index (χ0v) is 9.29. The van der Waals surface area contributed by atoms with Gasteiger partial charge in [0, 0.05) is 23.3 Å². The molecular formula is C11H13N3S. The second-order valence-electron chi connectivity index (χ2n) is 3.32. The molecule has 0 saturated carbocycles. The highest BCUT2D eigenvalue weighted by molar-refractivity contribution is 7.99. The molecule has 0 amide bonds. The summed E-state index contributed by atoms with van der Waals surface area (Å²) in [4.78, 5) is 8.40. The third-order valence-corrected chi connectivity index (χ3v) is 3.10. The lowest BCUT2D eigenvalue weighted by atomic mass is 10.1. The molecule has 1 aromatic carbocycles. The summed E-state index contributed by atoms with van der Waals surface area (Å²) in [5, 5.41) is 0.892. The van der Waals surface area contributed by atoms with Crippen LogP contribution < -0.4 is 5.73 Å². The molecule has 0 fully saturated rings. The van der Waals surface area contributed by atoms with Crippen molar-refractivity contribution < 1.29 is 0 Å². The van der Waals surface area contributed by atoms with E-state index in [0.717, 1.165) is 15.6 Å². The average molecular weight is 219 g/mol. The fourth-order valence-corrected chi connectivity index (χ4v) is 2.33. The second kappa shape index (κ2) is 4.51. The van der Waals surface area contributed by atoms with Gasteiger partial charge in [-0.05, 0) is 18.6 Å². The molecule has 1 aromatic heterocycles. The summed E-state index contributed by atoms with van der Waals surface area (Å²) in [7, 11) is 0. The lowest BCUT2D eigenvalue weighted by Crippen LogP contribution is -2.06. The first-order valence-electron chi connectivity index (χ1n) is 4.79. The van der Waals surface area contributed by atoms with Crippen LogP contribution in [0.2, 0.25) is 0 Å². The number of nitrogens with one attached hydrogen (secondary N) is 1. The molecular weight excluding hydrogens is 206 g/mol. The van der Waals surface area contributed by atoms with E-state index in [1.54, 1.807) is 18.0 Å². The maximum absolute atomic E-state index is 5.90. The number of nitrogens with zero attached hydrogens (tertiary/aromatic N) is 1. The van der Waals surface area contributed by atoms with Gasteiger partial charge in [0.15, 0.2) is 5.16 Å². The summed E-state index contributed by atoms with van der Waals surface area (Å²) >= 11 is 1.60. The standard InChI is InChI=1S/C11H13N3S/c1-8(12)9-4-2-3-5-10(9)15-11-13-6-7-14-11/h2-8H,12H2,1H3,(H,13,14)/t8-/m0/s1. The predicted molar refractivity (Wildman–Crippen MR) is 61.8 cm³/mol. The lowest BCUT2D eigenvalue weighted by molar-refractivity contribution is 0.797. The molecule has 3 nitrogen and oxygen atoms in total. The van der Waals surface area contributed by atoms with Crippen LogP contribution in [0.5, 0.6) is 0 Å². The van der Waals surface area contributed by atoms with E-state index in [-0.39, 0.29) is 6.04 Å². The molecule has 4 heteroatoms. The molecule has 78 valence electrons. The Morgan fingerprint density at radius 2 is 2.20 bits per heavy atom. The molecule has 0 bridgehead atoms. The topological polar surface area (TPSA) is 54.7 Å². The van der Waals surface area contributed by atoms with E-state index >= 15 is 0 Å². The highest BCUT2D eigenvalue weighted by atomic mass is 32.2. The number of nitrogens with two attached hydrogens (primary N) is 1. The van der Waals surface area contributed by atoms with Crippen molar-refractivity contribution in [1.29, 1.82) is 0 Å². The summed E-state index contributed by atoms with van der Waals surface area (Å²) in [6.45, 7) is 1.99. The smallest absolute Gasteiger partial charge is 0.170 e. The van der Waals surface area contributed by atoms with Crippen LogP contribution in [0.25, 0.3) is 0 Å². The van der Waals surface area contributed by atoms with Crippen LogP contribution in [0, 0.1) is 0 Å². The molecule has 3 N–H and O–H groups in total. The van der Waals surface area contributed by atoms with E-state index in [4.69, 9.17) is 5.73 Å². The maximum atomic E-state index is 5.90. The second-order valence-corrected chi connectivity index (χ2v) is 4.35. The van der Waals surface area contributed by atoms with E-state index in [9.17, 15) is 0 Å². The van der Waals surface area contributed by atoms with Crippen LogP contribution >= 0.6 is 11.8 Å². The van der Waals surface area contributed by atoms with E-state index in [0.29, 0.717) is 0 Å². The summed E-state index contributed by atoms with van der Waals surface area (Å²) in [5.74, 6) is 0. The Hall–Kier alpha value is -1.26. The fourth-order valence-electron chi connectivity index (χ4n) is 1.36. The Morgan fingerprint density at radius 1 is 1.40 bits per heavy atom. The maximum Gasteiger partial charge on any atom is 0.170 e. The summed E-state index contributed by atoms with van der Waals surface area (Å²) in [5.41, 5.74) is 7.05. The summed E-state index contributed by atoms with van der Waals surface area (Å²) in [6, 6.07) is 8.17. The number of hydrogen-bond acceptors (Lipinski definition) is 3. The Labute approximate surface area is 93.1 Å². The van der Waals surface area contributed by atoms with Gasteiger partial charge in [-0.15, -0.1) is 0 Å². The van der Waals surface area contributed by atoms with Gasteiger partial charge in [-0.25, -0.2) is 4.98 Å². The van der Waals surface area contributed by atoms with Crippen molar-refractivity contribution in [2.24, 2.45) is 5.73 Å². The minimum Gasteiger partial charge on any atom is -0.339 e. The highest BCUT2D eigenvalue weighted by Gasteiger charge is 2.08. The number of benzene rings is 1. The molecule has 2 rings (SSSR count). The molecule has 0 radical (unpaired) electrons. The first-order chi connectivity index (χ1) is 7.27. The van der Waals surface area contributed by atoms with Crippen molar-refractivity contribution in [3.8, 4) is 0 Å². The average Bonchev–Trinajstić information content (AvgIpc) is 2.71. The van der Waals surface area contributed by atoms with E-state index < -0.39 is 0 Å². The van der Waals surface area contributed by atoms with Gasteiger partial charge in [0.2, 0.25) is 0 Å². The molecule has 0 aliphatic carbocycles. The van der Waals surface area contributed by atoms with Crippen molar-refractivity contribution in [2.45, 2.75) is 23.0 Å². The van der Waals surface area contributed by atoms with Crippen LogP contribution in [0.15, 0.2) is 46.7 Å². The zero-order valence-electron chi connectivity index (χ0n) is 8.47. The van der Waals surface area contributed by atoms with Crippen molar-refractivity contribution in [3.05, 3.63) is 42.2 Å². The zero-order chi connectivity index (χ0) is 10.7. The fraction of sp³-hybridized carbons (Fsp3) is 0.182. The van der Waals surface area contributed by atoms with E-state index in [2.05, 4.69) is 22.1 Å². The van der Waals surface area contributed by atoms with Crippen LogP contribution in [-0.4, -0.2) is 9.97 Å². The van der Waals surface area contributed by atoms with Gasteiger partial charge in [-0.3, -0.25) is 0 Å². The number of rotatable bonds is 3. The van der Waals surface area contributed by atoms with Crippen LogP contribution in [-0.2, 0) is 0 Å². The molecule has 0 aliphatic rings. The molecule has 1 heterocycles. The molecule has 0 spiro atoms. The van der Waals surface area contributed by atoms with Gasteiger partial charge in [0.25, 0.3) is 0 Å². The Morgan fingerprint density at radius 3 is 2.87 bits per heavy atom. The largest absolute Gasteiger partial charge is 0.339 e. The molecule has 0 unspecified atom stereocenters. The minimum absolute atomic E-state index is 0.0451. The minimum atomic E-state index is 0.0451. The van der Waals surface area contributed by atoms with Gasteiger partial charge in [-0.1, -0.05) is 30.0 Å². The normalized spacial score (nSPS) is 12.7. The number of aromatic nitrogens is 2. The Bertz CT molecular complexity index is 423. The number of aromatic amines is 1. The Kier molecular flexibility index (Phi) is 3.08. The lowest BCUT2D eigenvalue weighted by Gasteiger charge is -2.10. The third kappa shape index (κ3) is 2.40. The summed E-state index contributed by atoms with van der Waals surface area (Å²) < 4.78 is 0. The van der Waals surface area contributed by atoms with Gasteiger partial charge in [0.1, 0.15) is 0 Å². The van der Waals surface area contributed by atoms with Crippen LogP contribution in [0.3, 0.4) is 0 Å². The summed E-state index contributed by atoms with van der Waals surface area (Å²) in [6.07, 6.45) is 3.56. The van der Waals surface area contributed by atoms with Gasteiger partial charge < -0.3 is 10.7 Å². The van der Waals surface area contributed by atoms with Crippen molar-refractivity contribution in [3.63, 3.8) is 0 Å². The monoisotopic (exact) mass is 219 g/mol. The van der Waals surface area contributed by atoms with E-state index in [1.807, 2.05) is 25.3 Å². The first-order valence-corrected chi connectivity index (χ1v) is 5.61. The number of imidazole rings is 1. The molecule has 2 aromatic rings. The molecule has 1 atom stereocenters. The van der Waals surface area contributed by atoms with E-state index in [1.165, 1.54) is 0 Å². The third-order valence-electron chi connectivity index (χ3n) is 2.09. The van der Waals surface area contributed by atoms with Crippen LogP contribution in [0.4, 0.5) is 0 Å². The number of hydrogen-bond donors (Lipinski definition) is 2. The van der Waals surface area contributed by atoms with Crippen molar-refractivity contribution in [2.75, 3.05) is 0 Å². The SMILES string of the molecule is C[C@H](N)c1ccccc1Sc1ncc[nH]1. The molecule has 15 heavy (non-hydrogen) atoms. The van der Waals surface area contributed by atoms with Gasteiger partial charge in [-0.2, -0.15) is 0 Å². The van der Waals surface area contributed by atoms with Crippen molar-refractivity contribution in [1.82, 2.24) is 9.97 Å². The Balaban J connectivity index is 2.28. The molecule has 0 saturated heterocycles. The van der Waals surface area contributed by atoms with Crippen molar-refractivity contribution >= 4 is 11.8 Å². The quantitative estimate of drug-likeness (QED) is 0.834. The predicted octanol–water partition coefficient (Wildman–Crippen LogP) is 2.58. The molecule has 0 aliphatic heterocycles. The van der Waals surface area contributed by atoms with Gasteiger partial charge in [0.05, 0.1) is 0 Å².